The number of nitriles is 1. The van der Waals surface area contributed by atoms with Crippen molar-refractivity contribution in [1.82, 2.24) is 9.97 Å². The maximum atomic E-state index is 9.06. The lowest BCUT2D eigenvalue weighted by molar-refractivity contribution is 0.977. The van der Waals surface area contributed by atoms with Crippen molar-refractivity contribution in [1.29, 1.82) is 5.26 Å². The molecule has 0 amide bonds. The van der Waals surface area contributed by atoms with Crippen molar-refractivity contribution >= 4 is 29.1 Å². The molecule has 0 aliphatic carbocycles. The molecule has 0 aliphatic rings. The van der Waals surface area contributed by atoms with Crippen molar-refractivity contribution in [2.24, 2.45) is 0 Å². The molecule has 0 spiro atoms. The van der Waals surface area contributed by atoms with Crippen molar-refractivity contribution in [3.05, 3.63) is 35.9 Å². The van der Waals surface area contributed by atoms with Crippen LogP contribution in [0.4, 0.5) is 17.3 Å². The Morgan fingerprint density at radius 2 is 1.95 bits per heavy atom. The van der Waals surface area contributed by atoms with Gasteiger partial charge in [0.15, 0.2) is 5.16 Å². The zero-order valence-electron chi connectivity index (χ0n) is 10.6. The SMILES string of the molecule is CNc1cc(Nc2ccccc2C#N)nc(SC)n1. The van der Waals surface area contributed by atoms with E-state index in [4.69, 9.17) is 5.26 Å². The van der Waals surface area contributed by atoms with Crippen LogP contribution in [0.3, 0.4) is 0 Å². The molecule has 19 heavy (non-hydrogen) atoms. The summed E-state index contributed by atoms with van der Waals surface area (Å²) in [6.07, 6.45) is 1.92. The summed E-state index contributed by atoms with van der Waals surface area (Å²) in [5, 5.41) is 15.9. The first-order chi connectivity index (χ1) is 9.26. The molecule has 0 unspecified atom stereocenters. The topological polar surface area (TPSA) is 73.6 Å². The Labute approximate surface area is 116 Å². The van der Waals surface area contributed by atoms with E-state index in [1.807, 2.05) is 24.5 Å². The second-order valence-corrected chi connectivity index (χ2v) is 4.43. The number of rotatable bonds is 4. The Morgan fingerprint density at radius 1 is 1.21 bits per heavy atom. The van der Waals surface area contributed by atoms with E-state index in [-0.39, 0.29) is 0 Å². The molecule has 0 saturated carbocycles. The molecule has 0 radical (unpaired) electrons. The van der Waals surface area contributed by atoms with E-state index in [2.05, 4.69) is 26.7 Å². The van der Waals surface area contributed by atoms with Gasteiger partial charge in [0.25, 0.3) is 0 Å². The average Bonchev–Trinajstić information content (AvgIpc) is 2.47. The van der Waals surface area contributed by atoms with Crippen molar-refractivity contribution in [3.8, 4) is 6.07 Å². The zero-order valence-corrected chi connectivity index (χ0v) is 11.5. The monoisotopic (exact) mass is 271 g/mol. The molecule has 6 heteroatoms. The van der Waals surface area contributed by atoms with Gasteiger partial charge in [-0.2, -0.15) is 5.26 Å². The molecule has 0 saturated heterocycles. The van der Waals surface area contributed by atoms with E-state index in [0.29, 0.717) is 16.5 Å². The fourth-order valence-electron chi connectivity index (χ4n) is 1.54. The summed E-state index contributed by atoms with van der Waals surface area (Å²) in [7, 11) is 1.81. The standard InChI is InChI=1S/C13H13N5S/c1-15-11-7-12(18-13(17-11)19-2)16-10-6-4-3-5-9(10)8-14/h3-7H,1-2H3,(H2,15,16,17,18). The molecule has 2 rings (SSSR count). The quantitative estimate of drug-likeness (QED) is 0.658. The Bertz CT molecular complexity index is 598. The molecule has 0 bridgehead atoms. The number of thioether (sulfide) groups is 1. The summed E-state index contributed by atoms with van der Waals surface area (Å²) in [5.41, 5.74) is 1.32. The lowest BCUT2D eigenvalue weighted by Gasteiger charge is -2.09. The second-order valence-electron chi connectivity index (χ2n) is 3.66. The summed E-state index contributed by atoms with van der Waals surface area (Å²) in [6, 6.07) is 11.3. The van der Waals surface area contributed by atoms with Gasteiger partial charge in [0.05, 0.1) is 11.3 Å². The number of nitrogens with one attached hydrogen (secondary N) is 2. The molecule has 0 aliphatic heterocycles. The number of nitrogens with zero attached hydrogens (tertiary/aromatic N) is 3. The summed E-state index contributed by atoms with van der Waals surface area (Å²) in [6.45, 7) is 0. The molecule has 1 aromatic carbocycles. The van der Waals surface area contributed by atoms with Crippen LogP contribution in [0, 0.1) is 11.3 Å². The van der Waals surface area contributed by atoms with Gasteiger partial charge in [0, 0.05) is 13.1 Å². The highest BCUT2D eigenvalue weighted by Gasteiger charge is 2.06. The molecule has 0 atom stereocenters. The Morgan fingerprint density at radius 3 is 2.63 bits per heavy atom. The first-order valence-electron chi connectivity index (χ1n) is 5.64. The highest BCUT2D eigenvalue weighted by atomic mass is 32.2. The fraction of sp³-hybridized carbons (Fsp3) is 0.154. The predicted octanol–water partition coefficient (Wildman–Crippen LogP) is 2.86. The van der Waals surface area contributed by atoms with Crippen LogP contribution in [0.2, 0.25) is 0 Å². The number of aromatic nitrogens is 2. The lowest BCUT2D eigenvalue weighted by atomic mass is 10.2. The van der Waals surface area contributed by atoms with E-state index in [1.165, 1.54) is 11.8 Å². The number of para-hydroxylation sites is 1. The summed E-state index contributed by atoms with van der Waals surface area (Å²) in [4.78, 5) is 8.65. The molecule has 1 aromatic heterocycles. The minimum atomic E-state index is 0.581. The maximum absolute atomic E-state index is 9.06. The van der Waals surface area contributed by atoms with E-state index < -0.39 is 0 Å². The number of hydrogen-bond acceptors (Lipinski definition) is 6. The molecule has 5 nitrogen and oxygen atoms in total. The van der Waals surface area contributed by atoms with Crippen LogP contribution in [-0.2, 0) is 0 Å². The summed E-state index contributed by atoms with van der Waals surface area (Å²) in [5.74, 6) is 1.39. The van der Waals surface area contributed by atoms with Gasteiger partial charge in [-0.3, -0.25) is 0 Å². The average molecular weight is 271 g/mol. The number of anilines is 3. The molecule has 1 heterocycles. The minimum Gasteiger partial charge on any atom is -0.373 e. The van der Waals surface area contributed by atoms with Gasteiger partial charge in [0.1, 0.15) is 17.7 Å². The van der Waals surface area contributed by atoms with Crippen LogP contribution in [0.15, 0.2) is 35.5 Å². The Kier molecular flexibility index (Phi) is 4.21. The van der Waals surface area contributed by atoms with E-state index in [0.717, 1.165) is 11.5 Å². The van der Waals surface area contributed by atoms with Gasteiger partial charge in [0.2, 0.25) is 0 Å². The van der Waals surface area contributed by atoms with Crippen molar-refractivity contribution < 1.29 is 0 Å². The van der Waals surface area contributed by atoms with E-state index in [9.17, 15) is 0 Å². The minimum absolute atomic E-state index is 0.581. The molecule has 2 N–H and O–H groups in total. The van der Waals surface area contributed by atoms with Gasteiger partial charge in [-0.05, 0) is 18.4 Å². The second kappa shape index (κ2) is 6.07. The van der Waals surface area contributed by atoms with Crippen LogP contribution in [-0.4, -0.2) is 23.3 Å². The number of hydrogen-bond donors (Lipinski definition) is 2. The maximum Gasteiger partial charge on any atom is 0.191 e. The normalized spacial score (nSPS) is 9.74. The highest BCUT2D eigenvalue weighted by molar-refractivity contribution is 7.98. The van der Waals surface area contributed by atoms with Crippen LogP contribution in [0.25, 0.3) is 0 Å². The Hall–Kier alpha value is -2.26. The molecule has 2 aromatic rings. The smallest absolute Gasteiger partial charge is 0.191 e. The molecular formula is C13H13N5S. The molecule has 96 valence electrons. The largest absolute Gasteiger partial charge is 0.373 e. The predicted molar refractivity (Wildman–Crippen MR) is 77.8 cm³/mol. The van der Waals surface area contributed by atoms with Gasteiger partial charge in [-0.15, -0.1) is 0 Å². The third-order valence-corrected chi connectivity index (χ3v) is 3.00. The third kappa shape index (κ3) is 3.14. The summed E-state index contributed by atoms with van der Waals surface area (Å²) < 4.78 is 0. The highest BCUT2D eigenvalue weighted by Crippen LogP contribution is 2.22. The van der Waals surface area contributed by atoms with Crippen molar-refractivity contribution in [2.75, 3.05) is 23.9 Å². The van der Waals surface area contributed by atoms with Crippen LogP contribution < -0.4 is 10.6 Å². The first-order valence-corrected chi connectivity index (χ1v) is 6.86. The third-order valence-electron chi connectivity index (χ3n) is 2.45. The van der Waals surface area contributed by atoms with Gasteiger partial charge < -0.3 is 10.6 Å². The number of benzene rings is 1. The van der Waals surface area contributed by atoms with Gasteiger partial charge in [-0.25, -0.2) is 9.97 Å². The lowest BCUT2D eigenvalue weighted by Crippen LogP contribution is -2.01. The first kappa shape index (κ1) is 13.2. The van der Waals surface area contributed by atoms with Crippen LogP contribution in [0.1, 0.15) is 5.56 Å². The molecular weight excluding hydrogens is 258 g/mol. The summed E-state index contributed by atoms with van der Waals surface area (Å²) >= 11 is 1.47. The van der Waals surface area contributed by atoms with E-state index >= 15 is 0 Å². The Balaban J connectivity index is 2.35. The van der Waals surface area contributed by atoms with Crippen molar-refractivity contribution in [3.63, 3.8) is 0 Å². The van der Waals surface area contributed by atoms with E-state index in [1.54, 1.807) is 19.2 Å². The fourth-order valence-corrected chi connectivity index (χ4v) is 1.92. The van der Waals surface area contributed by atoms with Crippen LogP contribution >= 0.6 is 11.8 Å². The van der Waals surface area contributed by atoms with Crippen LogP contribution in [0.5, 0.6) is 0 Å². The van der Waals surface area contributed by atoms with Gasteiger partial charge >= 0.3 is 0 Å². The zero-order chi connectivity index (χ0) is 13.7. The van der Waals surface area contributed by atoms with Crippen molar-refractivity contribution in [2.45, 2.75) is 5.16 Å². The van der Waals surface area contributed by atoms with Gasteiger partial charge in [-0.1, -0.05) is 23.9 Å². The molecule has 0 fully saturated rings.